The van der Waals surface area contributed by atoms with Crippen LogP contribution >= 0.6 is 0 Å². The van der Waals surface area contributed by atoms with E-state index in [1.165, 1.54) is 0 Å². The van der Waals surface area contributed by atoms with Gasteiger partial charge < -0.3 is 4.74 Å². The van der Waals surface area contributed by atoms with Crippen molar-refractivity contribution in [1.82, 2.24) is 0 Å². The van der Waals surface area contributed by atoms with Gasteiger partial charge in [0.05, 0.1) is 17.4 Å². The molecule has 0 aromatic carbocycles. The molecule has 0 amide bonds. The summed E-state index contributed by atoms with van der Waals surface area (Å²) in [5.41, 5.74) is 0. The molecule has 0 radical (unpaired) electrons. The predicted molar refractivity (Wildman–Crippen MR) is 61.8 cm³/mol. The first-order chi connectivity index (χ1) is 7.44. The van der Waals surface area contributed by atoms with Gasteiger partial charge >= 0.3 is 5.97 Å². The Bertz CT molecular complexity index is 334. The van der Waals surface area contributed by atoms with Gasteiger partial charge in [-0.25, -0.2) is 8.42 Å². The molecule has 0 bridgehead atoms. The van der Waals surface area contributed by atoms with Crippen LogP contribution in [0, 0.1) is 5.92 Å². The summed E-state index contributed by atoms with van der Waals surface area (Å²) in [5.74, 6) is 0.0715. The highest BCUT2D eigenvalue weighted by atomic mass is 32.2. The van der Waals surface area contributed by atoms with Crippen molar-refractivity contribution in [2.75, 3.05) is 11.5 Å². The highest BCUT2D eigenvalue weighted by molar-refractivity contribution is 7.91. The molecule has 0 aliphatic carbocycles. The van der Waals surface area contributed by atoms with Gasteiger partial charge in [0.15, 0.2) is 0 Å². The summed E-state index contributed by atoms with van der Waals surface area (Å²) in [6, 6.07) is 0. The Balaban J connectivity index is 2.47. The lowest BCUT2D eigenvalue weighted by molar-refractivity contribution is -0.153. The Morgan fingerprint density at radius 1 is 1.38 bits per heavy atom. The van der Waals surface area contributed by atoms with Crippen LogP contribution < -0.4 is 0 Å². The second-order valence-electron chi connectivity index (χ2n) is 4.45. The highest BCUT2D eigenvalue weighted by Gasteiger charge is 2.24. The Kier molecular flexibility index (Phi) is 4.77. The molecule has 94 valence electrons. The van der Waals surface area contributed by atoms with Crippen LogP contribution in [0.3, 0.4) is 0 Å². The molecule has 0 aromatic rings. The minimum absolute atomic E-state index is 0.0974. The molecule has 0 spiro atoms. The van der Waals surface area contributed by atoms with Gasteiger partial charge in [0, 0.05) is 0 Å². The molecule has 0 N–H and O–H groups in total. The van der Waals surface area contributed by atoms with Crippen LogP contribution in [0.15, 0.2) is 0 Å². The molecular formula is C11H20O4S. The van der Waals surface area contributed by atoms with Crippen molar-refractivity contribution in [2.45, 2.75) is 45.6 Å². The Labute approximate surface area is 97.3 Å². The Morgan fingerprint density at radius 3 is 2.69 bits per heavy atom. The van der Waals surface area contributed by atoms with E-state index in [9.17, 15) is 13.2 Å². The van der Waals surface area contributed by atoms with Crippen molar-refractivity contribution >= 4 is 15.8 Å². The lowest BCUT2D eigenvalue weighted by Crippen LogP contribution is -2.23. The van der Waals surface area contributed by atoms with Gasteiger partial charge in [-0.1, -0.05) is 13.8 Å². The zero-order valence-corrected chi connectivity index (χ0v) is 10.8. The second kappa shape index (κ2) is 5.66. The average molecular weight is 248 g/mol. The number of rotatable bonds is 3. The summed E-state index contributed by atoms with van der Waals surface area (Å²) in [5, 5.41) is 0. The number of sulfone groups is 1. The first-order valence-electron chi connectivity index (χ1n) is 5.85. The molecule has 1 rings (SSSR count). The van der Waals surface area contributed by atoms with Gasteiger partial charge in [0.25, 0.3) is 0 Å². The zero-order chi connectivity index (χ0) is 12.2. The van der Waals surface area contributed by atoms with Crippen LogP contribution in [0.1, 0.15) is 39.5 Å². The summed E-state index contributed by atoms with van der Waals surface area (Å²) in [4.78, 5) is 11.5. The number of carbonyl (C=O) groups excluding carboxylic acids is 1. The summed E-state index contributed by atoms with van der Waals surface area (Å²) in [6.45, 7) is 3.76. The third kappa shape index (κ3) is 4.12. The molecule has 0 saturated carbocycles. The highest BCUT2D eigenvalue weighted by Crippen LogP contribution is 2.17. The lowest BCUT2D eigenvalue weighted by Gasteiger charge is -2.17. The third-order valence-electron chi connectivity index (χ3n) is 3.03. The van der Waals surface area contributed by atoms with E-state index in [0.717, 1.165) is 6.42 Å². The quantitative estimate of drug-likeness (QED) is 0.711. The zero-order valence-electron chi connectivity index (χ0n) is 9.94. The molecule has 1 fully saturated rings. The standard InChI is InChI=1S/C11H20O4S/c1-3-9(2)11(12)15-10-5-4-7-16(13,14)8-6-10/h9-10H,3-8H2,1-2H3. The van der Waals surface area contributed by atoms with Crippen LogP contribution in [0.5, 0.6) is 0 Å². The van der Waals surface area contributed by atoms with Gasteiger partial charge in [-0.15, -0.1) is 0 Å². The van der Waals surface area contributed by atoms with E-state index in [2.05, 4.69) is 0 Å². The normalized spacial score (nSPS) is 26.8. The lowest BCUT2D eigenvalue weighted by atomic mass is 10.1. The van der Waals surface area contributed by atoms with Gasteiger partial charge in [-0.2, -0.15) is 0 Å². The monoisotopic (exact) mass is 248 g/mol. The fraction of sp³-hybridized carbons (Fsp3) is 0.909. The maximum atomic E-state index is 11.5. The topological polar surface area (TPSA) is 60.4 Å². The number of carbonyl (C=O) groups is 1. The van der Waals surface area contributed by atoms with Gasteiger partial charge in [0.1, 0.15) is 15.9 Å². The van der Waals surface area contributed by atoms with E-state index in [1.54, 1.807) is 0 Å². The molecule has 1 heterocycles. The van der Waals surface area contributed by atoms with E-state index in [-0.39, 0.29) is 29.5 Å². The van der Waals surface area contributed by atoms with Crippen molar-refractivity contribution in [3.63, 3.8) is 0 Å². The molecule has 1 aliphatic heterocycles. The smallest absolute Gasteiger partial charge is 0.308 e. The first-order valence-corrected chi connectivity index (χ1v) is 7.67. The van der Waals surface area contributed by atoms with E-state index < -0.39 is 9.84 Å². The van der Waals surface area contributed by atoms with Gasteiger partial charge in [-0.3, -0.25) is 4.79 Å². The van der Waals surface area contributed by atoms with Crippen LogP contribution in [0.2, 0.25) is 0 Å². The molecule has 1 aliphatic rings. The number of hydrogen-bond donors (Lipinski definition) is 0. The van der Waals surface area contributed by atoms with Crippen LogP contribution in [0.25, 0.3) is 0 Å². The third-order valence-corrected chi connectivity index (χ3v) is 4.80. The van der Waals surface area contributed by atoms with Crippen molar-refractivity contribution < 1.29 is 17.9 Å². The minimum atomic E-state index is -2.91. The van der Waals surface area contributed by atoms with E-state index in [0.29, 0.717) is 19.3 Å². The average Bonchev–Trinajstić information content (AvgIpc) is 2.39. The SMILES string of the molecule is CCC(C)C(=O)OC1CCCS(=O)(=O)CC1. The minimum Gasteiger partial charge on any atom is -0.462 e. The number of ether oxygens (including phenoxy) is 1. The van der Waals surface area contributed by atoms with Crippen molar-refractivity contribution in [3.8, 4) is 0 Å². The summed E-state index contributed by atoms with van der Waals surface area (Å²) >= 11 is 0. The maximum Gasteiger partial charge on any atom is 0.308 e. The fourth-order valence-electron chi connectivity index (χ4n) is 1.65. The molecule has 1 saturated heterocycles. The fourth-order valence-corrected chi connectivity index (χ4v) is 3.09. The van der Waals surface area contributed by atoms with E-state index in [4.69, 9.17) is 4.74 Å². The van der Waals surface area contributed by atoms with Crippen LogP contribution in [-0.4, -0.2) is 32.0 Å². The molecule has 2 atom stereocenters. The molecule has 5 heteroatoms. The second-order valence-corrected chi connectivity index (χ2v) is 6.75. The molecule has 0 aromatic heterocycles. The first kappa shape index (κ1) is 13.5. The number of esters is 1. The maximum absolute atomic E-state index is 11.5. The summed E-state index contributed by atoms with van der Waals surface area (Å²) < 4.78 is 28.0. The molecule has 4 nitrogen and oxygen atoms in total. The molecule has 16 heavy (non-hydrogen) atoms. The van der Waals surface area contributed by atoms with E-state index >= 15 is 0 Å². The Morgan fingerprint density at radius 2 is 2.06 bits per heavy atom. The summed E-state index contributed by atoms with van der Waals surface area (Å²) in [6.07, 6.45) is 2.26. The van der Waals surface area contributed by atoms with Crippen molar-refractivity contribution in [2.24, 2.45) is 5.92 Å². The molecular weight excluding hydrogens is 228 g/mol. The van der Waals surface area contributed by atoms with Crippen molar-refractivity contribution in [1.29, 1.82) is 0 Å². The largest absolute Gasteiger partial charge is 0.462 e. The van der Waals surface area contributed by atoms with Crippen LogP contribution in [0.4, 0.5) is 0 Å². The van der Waals surface area contributed by atoms with Gasteiger partial charge in [0.2, 0.25) is 0 Å². The van der Waals surface area contributed by atoms with E-state index in [1.807, 2.05) is 13.8 Å². The summed E-state index contributed by atoms with van der Waals surface area (Å²) in [7, 11) is -2.91. The predicted octanol–water partition coefficient (Wildman–Crippen LogP) is 1.54. The molecule has 2 unspecified atom stereocenters. The van der Waals surface area contributed by atoms with Crippen molar-refractivity contribution in [3.05, 3.63) is 0 Å². The Hall–Kier alpha value is -0.580. The van der Waals surface area contributed by atoms with Crippen LogP contribution in [-0.2, 0) is 19.4 Å². The number of hydrogen-bond acceptors (Lipinski definition) is 4. The van der Waals surface area contributed by atoms with Gasteiger partial charge in [-0.05, 0) is 25.7 Å².